The van der Waals surface area contributed by atoms with E-state index >= 15 is 0 Å². The molecule has 0 rings (SSSR count). The predicted octanol–water partition coefficient (Wildman–Crippen LogP) is -1.91. The number of amides is 1. The van der Waals surface area contributed by atoms with Crippen LogP contribution < -0.4 is 5.32 Å². The summed E-state index contributed by atoms with van der Waals surface area (Å²) in [5.41, 5.74) is -1.16. The Morgan fingerprint density at radius 3 is 2.17 bits per heavy atom. The average molecular weight is 177 g/mol. The summed E-state index contributed by atoms with van der Waals surface area (Å²) in [6.45, 7) is 0.592. The zero-order valence-corrected chi connectivity index (χ0v) is 7.08. The quantitative estimate of drug-likeness (QED) is 0.394. The standard InChI is InChI=1S/C7H15NO4/c1-7(4-10,5-11)6(12)8-2-3-9/h9-11H,2-5H2,1H3,(H,8,12). The zero-order chi connectivity index (χ0) is 9.61. The number of aliphatic hydroxyl groups excluding tert-OH is 3. The SMILES string of the molecule is CC(CO)(CO)C(=O)NCCO. The first kappa shape index (κ1) is 11.4. The molecular formula is C7H15NO4. The molecule has 0 aliphatic rings. The van der Waals surface area contributed by atoms with Crippen LogP contribution in [0.4, 0.5) is 0 Å². The van der Waals surface area contributed by atoms with E-state index in [0.717, 1.165) is 0 Å². The average Bonchev–Trinajstić information content (AvgIpc) is 2.12. The zero-order valence-electron chi connectivity index (χ0n) is 7.08. The van der Waals surface area contributed by atoms with E-state index in [9.17, 15) is 4.79 Å². The van der Waals surface area contributed by atoms with E-state index in [4.69, 9.17) is 15.3 Å². The van der Waals surface area contributed by atoms with Gasteiger partial charge in [-0.2, -0.15) is 0 Å². The Bertz CT molecular complexity index is 144. The summed E-state index contributed by atoms with van der Waals surface area (Å²) in [5.74, 6) is -0.457. The molecule has 5 nitrogen and oxygen atoms in total. The van der Waals surface area contributed by atoms with E-state index in [1.54, 1.807) is 0 Å². The van der Waals surface area contributed by atoms with Crippen LogP contribution in [0.25, 0.3) is 0 Å². The summed E-state index contributed by atoms with van der Waals surface area (Å²) in [4.78, 5) is 11.1. The van der Waals surface area contributed by atoms with Crippen LogP contribution >= 0.6 is 0 Å². The molecule has 1 amide bonds. The number of rotatable bonds is 5. The van der Waals surface area contributed by atoms with Crippen molar-refractivity contribution >= 4 is 5.91 Å². The van der Waals surface area contributed by atoms with Gasteiger partial charge in [0.25, 0.3) is 0 Å². The smallest absolute Gasteiger partial charge is 0.230 e. The Morgan fingerprint density at radius 2 is 1.83 bits per heavy atom. The molecule has 0 aromatic heterocycles. The monoisotopic (exact) mass is 177 g/mol. The number of hydrogen-bond donors (Lipinski definition) is 4. The minimum absolute atomic E-state index is 0.133. The molecule has 0 heterocycles. The topological polar surface area (TPSA) is 89.8 Å². The van der Waals surface area contributed by atoms with Gasteiger partial charge in [0.05, 0.1) is 25.2 Å². The molecule has 0 aromatic rings. The van der Waals surface area contributed by atoms with Crippen LogP contribution in [0, 0.1) is 5.41 Å². The van der Waals surface area contributed by atoms with Crippen molar-refractivity contribution in [1.82, 2.24) is 5.32 Å². The lowest BCUT2D eigenvalue weighted by Crippen LogP contribution is -2.44. The van der Waals surface area contributed by atoms with Crippen LogP contribution in [0.2, 0.25) is 0 Å². The molecule has 0 saturated heterocycles. The molecule has 0 atom stereocenters. The molecule has 0 spiro atoms. The second kappa shape index (κ2) is 5.08. The van der Waals surface area contributed by atoms with Gasteiger partial charge in [0.15, 0.2) is 0 Å². The van der Waals surface area contributed by atoms with E-state index in [1.165, 1.54) is 6.92 Å². The predicted molar refractivity (Wildman–Crippen MR) is 42.4 cm³/mol. The highest BCUT2D eigenvalue weighted by Gasteiger charge is 2.31. The third-order valence-electron chi connectivity index (χ3n) is 1.64. The minimum atomic E-state index is -1.16. The Labute approximate surface area is 71.0 Å². The summed E-state index contributed by atoms with van der Waals surface area (Å²) in [6, 6.07) is 0. The fraction of sp³-hybridized carbons (Fsp3) is 0.857. The fourth-order valence-corrected chi connectivity index (χ4v) is 0.576. The van der Waals surface area contributed by atoms with E-state index in [2.05, 4.69) is 5.32 Å². The largest absolute Gasteiger partial charge is 0.395 e. The van der Waals surface area contributed by atoms with Crippen LogP contribution in [0.15, 0.2) is 0 Å². The number of carbonyl (C=O) groups is 1. The summed E-state index contributed by atoms with van der Waals surface area (Å²) in [5, 5.41) is 28.3. The number of aliphatic hydroxyl groups is 3. The number of hydrogen-bond acceptors (Lipinski definition) is 4. The highest BCUT2D eigenvalue weighted by atomic mass is 16.3. The normalized spacial score (nSPS) is 11.3. The highest BCUT2D eigenvalue weighted by molar-refractivity contribution is 5.82. The van der Waals surface area contributed by atoms with Gasteiger partial charge in [-0.05, 0) is 6.92 Å². The van der Waals surface area contributed by atoms with Crippen LogP contribution in [-0.4, -0.2) is 47.6 Å². The molecule has 0 saturated carbocycles. The van der Waals surface area contributed by atoms with Crippen molar-refractivity contribution < 1.29 is 20.1 Å². The first-order valence-electron chi connectivity index (χ1n) is 3.71. The van der Waals surface area contributed by atoms with Crippen molar-refractivity contribution in [2.45, 2.75) is 6.92 Å². The van der Waals surface area contributed by atoms with Gasteiger partial charge >= 0.3 is 0 Å². The maximum atomic E-state index is 11.1. The maximum Gasteiger partial charge on any atom is 0.230 e. The van der Waals surface area contributed by atoms with E-state index < -0.39 is 24.5 Å². The van der Waals surface area contributed by atoms with Gasteiger partial charge in [0.1, 0.15) is 0 Å². The van der Waals surface area contributed by atoms with Crippen molar-refractivity contribution in [2.75, 3.05) is 26.4 Å². The maximum absolute atomic E-state index is 11.1. The van der Waals surface area contributed by atoms with Gasteiger partial charge in [0.2, 0.25) is 5.91 Å². The third-order valence-corrected chi connectivity index (χ3v) is 1.64. The lowest BCUT2D eigenvalue weighted by molar-refractivity contribution is -0.135. The Morgan fingerprint density at radius 1 is 1.33 bits per heavy atom. The molecule has 0 aromatic carbocycles. The molecule has 0 aliphatic heterocycles. The number of nitrogens with one attached hydrogen (secondary N) is 1. The van der Waals surface area contributed by atoms with Crippen molar-refractivity contribution in [2.24, 2.45) is 5.41 Å². The summed E-state index contributed by atoms with van der Waals surface area (Å²) in [6.07, 6.45) is 0. The highest BCUT2D eigenvalue weighted by Crippen LogP contribution is 2.13. The molecular weight excluding hydrogens is 162 g/mol. The van der Waals surface area contributed by atoms with Gasteiger partial charge < -0.3 is 20.6 Å². The Kier molecular flexibility index (Phi) is 4.80. The van der Waals surface area contributed by atoms with Crippen molar-refractivity contribution in [1.29, 1.82) is 0 Å². The second-order valence-electron chi connectivity index (χ2n) is 2.86. The lowest BCUT2D eigenvalue weighted by Gasteiger charge is -2.22. The molecule has 5 heteroatoms. The van der Waals surface area contributed by atoms with Crippen LogP contribution in [0.5, 0.6) is 0 Å². The molecule has 0 unspecified atom stereocenters. The summed E-state index contributed by atoms with van der Waals surface area (Å²) >= 11 is 0. The van der Waals surface area contributed by atoms with Crippen LogP contribution in [0.1, 0.15) is 6.92 Å². The molecule has 72 valence electrons. The van der Waals surface area contributed by atoms with Gasteiger partial charge in [0, 0.05) is 6.54 Å². The first-order chi connectivity index (χ1) is 5.60. The molecule has 4 N–H and O–H groups in total. The molecule has 0 radical (unpaired) electrons. The van der Waals surface area contributed by atoms with Crippen LogP contribution in [0.3, 0.4) is 0 Å². The Balaban J connectivity index is 4.03. The fourth-order valence-electron chi connectivity index (χ4n) is 0.576. The lowest BCUT2D eigenvalue weighted by atomic mass is 9.92. The number of carbonyl (C=O) groups excluding carboxylic acids is 1. The van der Waals surface area contributed by atoms with E-state index in [1.807, 2.05) is 0 Å². The van der Waals surface area contributed by atoms with Crippen molar-refractivity contribution in [3.63, 3.8) is 0 Å². The van der Waals surface area contributed by atoms with Gasteiger partial charge in [-0.3, -0.25) is 4.79 Å². The van der Waals surface area contributed by atoms with Gasteiger partial charge in [-0.25, -0.2) is 0 Å². The second-order valence-corrected chi connectivity index (χ2v) is 2.86. The van der Waals surface area contributed by atoms with Crippen LogP contribution in [-0.2, 0) is 4.79 Å². The summed E-state index contributed by atoms with van der Waals surface area (Å²) < 4.78 is 0. The summed E-state index contributed by atoms with van der Waals surface area (Å²) in [7, 11) is 0. The molecule has 12 heavy (non-hydrogen) atoms. The Hall–Kier alpha value is -0.650. The first-order valence-corrected chi connectivity index (χ1v) is 3.71. The molecule has 0 bridgehead atoms. The van der Waals surface area contributed by atoms with Crippen molar-refractivity contribution in [3.8, 4) is 0 Å². The third kappa shape index (κ3) is 2.77. The van der Waals surface area contributed by atoms with Gasteiger partial charge in [-0.1, -0.05) is 0 Å². The molecule has 0 aliphatic carbocycles. The van der Waals surface area contributed by atoms with Gasteiger partial charge in [-0.15, -0.1) is 0 Å². The van der Waals surface area contributed by atoms with Crippen molar-refractivity contribution in [3.05, 3.63) is 0 Å². The van der Waals surface area contributed by atoms with E-state index in [-0.39, 0.29) is 13.2 Å². The molecule has 0 fully saturated rings. The van der Waals surface area contributed by atoms with E-state index in [0.29, 0.717) is 0 Å². The minimum Gasteiger partial charge on any atom is -0.395 e.